The molecule has 0 spiro atoms. The number of quaternary nitrogens is 2. The van der Waals surface area contributed by atoms with Crippen molar-refractivity contribution in [3.63, 3.8) is 0 Å². The first-order valence-corrected chi connectivity index (χ1v) is 5.23. The number of rotatable bonds is 2. The zero-order valence-corrected chi connectivity index (χ0v) is 12.0. The molecule has 7 heteroatoms. The zero-order valence-electron chi connectivity index (χ0n) is 12.0. The molecule has 6 N–H and O–H groups in total. The molecule has 0 aromatic heterocycles. The van der Waals surface area contributed by atoms with Crippen LogP contribution >= 0.6 is 0 Å². The highest BCUT2D eigenvalue weighted by atomic mass is 16.6. The van der Waals surface area contributed by atoms with Gasteiger partial charge in [0.2, 0.25) is 0 Å². The second-order valence-electron chi connectivity index (χ2n) is 5.13. The van der Waals surface area contributed by atoms with Gasteiger partial charge in [0, 0.05) is 13.8 Å². The number of ketones is 2. The Labute approximate surface area is 107 Å². The zero-order chi connectivity index (χ0) is 15.7. The van der Waals surface area contributed by atoms with E-state index in [0.29, 0.717) is 0 Å². The Morgan fingerprint density at radius 2 is 0.833 bits per heavy atom. The van der Waals surface area contributed by atoms with Crippen LogP contribution in [0.5, 0.6) is 0 Å². The second-order valence-corrected chi connectivity index (χ2v) is 5.13. The van der Waals surface area contributed by atoms with Crippen LogP contribution in [0.4, 0.5) is 4.79 Å². The van der Waals surface area contributed by atoms with Gasteiger partial charge in [-0.1, -0.05) is 0 Å². The van der Waals surface area contributed by atoms with Crippen LogP contribution in [0, 0.1) is 0 Å². The Morgan fingerprint density at radius 1 is 0.778 bits per heavy atom. The van der Waals surface area contributed by atoms with Crippen LogP contribution in [-0.4, -0.2) is 28.8 Å². The summed E-state index contributed by atoms with van der Waals surface area (Å²) in [4.78, 5) is 29.1. The molecule has 0 fully saturated rings. The first-order chi connectivity index (χ1) is 7.62. The van der Waals surface area contributed by atoms with Gasteiger partial charge < -0.3 is 26.5 Å². The summed E-state index contributed by atoms with van der Waals surface area (Å²) in [6.07, 6.45) is -2.33. The van der Waals surface area contributed by atoms with Gasteiger partial charge in [0.15, 0.2) is 11.6 Å². The molecule has 18 heavy (non-hydrogen) atoms. The molecule has 0 aromatic carbocycles. The van der Waals surface area contributed by atoms with Gasteiger partial charge in [-0.15, -0.1) is 0 Å². The van der Waals surface area contributed by atoms with E-state index in [1.807, 2.05) is 0 Å². The van der Waals surface area contributed by atoms with Crippen LogP contribution in [-0.2, 0) is 9.59 Å². The number of carbonyl (C=O) groups excluding carboxylic acids is 3. The molecular formula is C11H24N2O5. The monoisotopic (exact) mass is 264 g/mol. The Morgan fingerprint density at radius 3 is 0.833 bits per heavy atom. The molecule has 7 nitrogen and oxygen atoms in total. The fourth-order valence-electron chi connectivity index (χ4n) is 0. The normalized spacial score (nSPS) is 10.2. The van der Waals surface area contributed by atoms with E-state index in [9.17, 15) is 9.59 Å². The molecule has 0 atom stereocenters. The Hall–Kier alpha value is -1.47. The van der Waals surface area contributed by atoms with Crippen molar-refractivity contribution in [2.24, 2.45) is 0 Å². The molecule has 0 saturated heterocycles. The van der Waals surface area contributed by atoms with Gasteiger partial charge in [-0.3, -0.25) is 9.59 Å². The van der Waals surface area contributed by atoms with Crippen molar-refractivity contribution in [1.29, 1.82) is 0 Å². The first-order valence-electron chi connectivity index (χ1n) is 5.23. The highest BCUT2D eigenvalue weighted by Crippen LogP contribution is 1.92. The van der Waals surface area contributed by atoms with Crippen molar-refractivity contribution in [2.75, 3.05) is 0 Å². The quantitative estimate of drug-likeness (QED) is 0.536. The third kappa shape index (κ3) is 24.0. The van der Waals surface area contributed by atoms with Crippen molar-refractivity contribution in [2.45, 2.75) is 52.6 Å². The highest BCUT2D eigenvalue weighted by Gasteiger charge is 2.20. The molecule has 0 unspecified atom stereocenters. The smallest absolute Gasteiger partial charge is 0.189 e. The number of Topliss-reactive ketones (excluding diaryl/α,β-unsaturated/α-hetero) is 2. The minimum absolute atomic E-state index is 0.132. The van der Waals surface area contributed by atoms with Gasteiger partial charge in [-0.2, -0.15) is 0 Å². The van der Waals surface area contributed by atoms with E-state index in [1.165, 1.54) is 0 Å². The predicted octanol–water partition coefficient (Wildman–Crippen LogP) is -3.26. The van der Waals surface area contributed by atoms with Crippen molar-refractivity contribution >= 4 is 17.7 Å². The molecular weight excluding hydrogens is 240 g/mol. The maximum Gasteiger partial charge on any atom is 0.189 e. The number of carboxylic acid groups (broad SMARTS) is 2. The Bertz CT molecular complexity index is 259. The average Bonchev–Trinajstić information content (AvgIpc) is 1.99. The first kappa shape index (κ1) is 21.8. The summed E-state index contributed by atoms with van der Waals surface area (Å²) in [7, 11) is 0. The fraction of sp³-hybridized carbons (Fsp3) is 0.727. The van der Waals surface area contributed by atoms with Crippen LogP contribution in [0.3, 0.4) is 0 Å². The van der Waals surface area contributed by atoms with Crippen molar-refractivity contribution in [3.8, 4) is 0 Å². The third-order valence-corrected chi connectivity index (χ3v) is 1.91. The summed E-state index contributed by atoms with van der Waals surface area (Å²) < 4.78 is 0. The molecule has 0 saturated carbocycles. The van der Waals surface area contributed by atoms with E-state index >= 15 is 0 Å². The highest BCUT2D eigenvalue weighted by molar-refractivity contribution is 5.83. The van der Waals surface area contributed by atoms with Crippen molar-refractivity contribution in [1.82, 2.24) is 0 Å². The lowest BCUT2D eigenvalue weighted by atomic mass is 10.0. The molecule has 0 aromatic rings. The molecule has 0 aliphatic rings. The lowest BCUT2D eigenvalue weighted by Gasteiger charge is -2.07. The molecule has 108 valence electrons. The van der Waals surface area contributed by atoms with E-state index in [0.717, 1.165) is 0 Å². The van der Waals surface area contributed by atoms with Crippen molar-refractivity contribution < 1.29 is 36.1 Å². The van der Waals surface area contributed by atoms with Crippen molar-refractivity contribution in [3.05, 3.63) is 0 Å². The standard InChI is InChI=1S/2C5H11NO.CH2O3/c2*1-4(7)5(2,3)6;2-1(3)4/h2*6H2,1-3H3;(H2,2,3,4). The molecule has 0 rings (SSSR count). The molecule has 0 radical (unpaired) electrons. The number of hydrogen-bond acceptors (Lipinski definition) is 5. The Balaban J connectivity index is -0.000000196. The molecule has 0 amide bonds. The summed E-state index contributed by atoms with van der Waals surface area (Å²) in [6.45, 7) is 10.3. The predicted molar refractivity (Wildman–Crippen MR) is 60.7 cm³/mol. The minimum atomic E-state index is -2.33. The topological polar surface area (TPSA) is 153 Å². The van der Waals surface area contributed by atoms with Crippen LogP contribution in [0.2, 0.25) is 0 Å². The SMILES string of the molecule is CC(=O)C(C)(C)[NH3+].CC(=O)C(C)(C)[NH3+].O=C([O-])[O-]. The summed E-state index contributed by atoms with van der Waals surface area (Å²) in [5, 5.41) is 16.7. The second kappa shape index (κ2) is 8.60. The van der Waals surface area contributed by atoms with Crippen LogP contribution in [0.25, 0.3) is 0 Å². The van der Waals surface area contributed by atoms with Crippen LogP contribution in [0.1, 0.15) is 41.5 Å². The minimum Gasteiger partial charge on any atom is -0.652 e. The third-order valence-electron chi connectivity index (χ3n) is 1.91. The summed E-state index contributed by atoms with van der Waals surface area (Å²) in [5.74, 6) is 0.264. The van der Waals surface area contributed by atoms with E-state index in [2.05, 4.69) is 11.5 Å². The Kier molecular flexibility index (Phi) is 10.4. The van der Waals surface area contributed by atoms with Gasteiger partial charge in [-0.05, 0) is 33.9 Å². The summed E-state index contributed by atoms with van der Waals surface area (Å²) in [5.41, 5.74) is 6.46. The van der Waals surface area contributed by atoms with Gasteiger partial charge in [0.25, 0.3) is 0 Å². The largest absolute Gasteiger partial charge is 0.652 e. The average molecular weight is 264 g/mol. The van der Waals surface area contributed by atoms with Gasteiger partial charge >= 0.3 is 0 Å². The molecule has 0 aliphatic heterocycles. The fourth-order valence-corrected chi connectivity index (χ4v) is 0. The summed E-state index contributed by atoms with van der Waals surface area (Å²) in [6, 6.07) is 0. The molecule has 0 aliphatic carbocycles. The van der Waals surface area contributed by atoms with E-state index in [4.69, 9.17) is 15.0 Å². The van der Waals surface area contributed by atoms with E-state index in [-0.39, 0.29) is 22.6 Å². The number of hydrogen-bond donors (Lipinski definition) is 2. The number of carbonyl (C=O) groups is 3. The van der Waals surface area contributed by atoms with Crippen LogP contribution < -0.4 is 21.7 Å². The van der Waals surface area contributed by atoms with Gasteiger partial charge in [-0.25, -0.2) is 0 Å². The molecule has 0 bridgehead atoms. The maximum absolute atomic E-state index is 10.4. The van der Waals surface area contributed by atoms with E-state index < -0.39 is 6.16 Å². The molecule has 0 heterocycles. The van der Waals surface area contributed by atoms with Crippen LogP contribution in [0.15, 0.2) is 0 Å². The summed E-state index contributed by atoms with van der Waals surface area (Å²) >= 11 is 0. The lowest BCUT2D eigenvalue weighted by molar-refractivity contribution is -0.445. The van der Waals surface area contributed by atoms with E-state index in [1.54, 1.807) is 41.5 Å². The van der Waals surface area contributed by atoms with Gasteiger partial charge in [0.1, 0.15) is 11.1 Å². The van der Waals surface area contributed by atoms with Gasteiger partial charge in [0.05, 0.1) is 0 Å². The maximum atomic E-state index is 10.4. The lowest BCUT2D eigenvalue weighted by Crippen LogP contribution is -2.72.